The first kappa shape index (κ1) is 21.9. The van der Waals surface area contributed by atoms with Gasteiger partial charge in [0.05, 0.1) is 28.9 Å². The van der Waals surface area contributed by atoms with E-state index in [4.69, 9.17) is 9.88 Å². The van der Waals surface area contributed by atoms with Crippen molar-refractivity contribution in [1.82, 2.24) is 4.98 Å². The molecule has 160 valence electrons. The topological polar surface area (TPSA) is 140 Å². The Balaban J connectivity index is 1.93. The number of methoxy groups -OCH3 is 1. The fraction of sp³-hybridized carbons (Fsp3) is 0.0500. The Morgan fingerprint density at radius 1 is 1.00 bits per heavy atom. The van der Waals surface area contributed by atoms with Crippen LogP contribution in [-0.2, 0) is 10.0 Å². The van der Waals surface area contributed by atoms with E-state index < -0.39 is 27.7 Å². The quantitative estimate of drug-likeness (QED) is 0.533. The molecule has 1 heterocycles. The van der Waals surface area contributed by atoms with Gasteiger partial charge < -0.3 is 15.4 Å². The molecule has 0 unspecified atom stereocenters. The second kappa shape index (κ2) is 8.90. The van der Waals surface area contributed by atoms with Gasteiger partial charge in [0.25, 0.3) is 11.8 Å². The minimum absolute atomic E-state index is 0.0580. The third-order valence-electron chi connectivity index (χ3n) is 4.12. The van der Waals surface area contributed by atoms with E-state index >= 15 is 0 Å². The number of amides is 2. The Hall–Kier alpha value is -3.83. The molecule has 0 spiro atoms. The summed E-state index contributed by atoms with van der Waals surface area (Å²) in [7, 11) is -2.78. The third kappa shape index (κ3) is 5.21. The second-order valence-corrected chi connectivity index (χ2v) is 7.78. The van der Waals surface area contributed by atoms with Crippen molar-refractivity contribution in [2.75, 3.05) is 17.7 Å². The maximum absolute atomic E-state index is 13.8. The summed E-state index contributed by atoms with van der Waals surface area (Å²) in [5, 5.41) is 10.1. The van der Waals surface area contributed by atoms with Crippen LogP contribution in [0.5, 0.6) is 5.75 Å². The number of rotatable bonds is 6. The van der Waals surface area contributed by atoms with Crippen LogP contribution >= 0.6 is 0 Å². The number of hydrogen-bond acceptors (Lipinski definition) is 6. The predicted molar refractivity (Wildman–Crippen MR) is 111 cm³/mol. The van der Waals surface area contributed by atoms with Crippen LogP contribution in [0.25, 0.3) is 0 Å². The van der Waals surface area contributed by atoms with Gasteiger partial charge in [0.15, 0.2) is 0 Å². The number of nitrogens with one attached hydrogen (secondary N) is 2. The highest BCUT2D eigenvalue weighted by Crippen LogP contribution is 2.27. The van der Waals surface area contributed by atoms with E-state index in [-0.39, 0.29) is 33.3 Å². The van der Waals surface area contributed by atoms with Crippen molar-refractivity contribution in [3.8, 4) is 5.75 Å². The molecule has 2 aromatic carbocycles. The van der Waals surface area contributed by atoms with Crippen LogP contribution in [0.4, 0.5) is 15.8 Å². The maximum atomic E-state index is 13.8. The summed E-state index contributed by atoms with van der Waals surface area (Å²) in [4.78, 5) is 28.8. The highest BCUT2D eigenvalue weighted by molar-refractivity contribution is 7.89. The van der Waals surface area contributed by atoms with Gasteiger partial charge in [-0.1, -0.05) is 6.07 Å². The molecule has 11 heteroatoms. The molecular weight excluding hydrogens is 427 g/mol. The lowest BCUT2D eigenvalue weighted by Gasteiger charge is -2.14. The molecule has 31 heavy (non-hydrogen) atoms. The summed E-state index contributed by atoms with van der Waals surface area (Å²) in [6, 6.07) is 11.6. The number of benzene rings is 2. The van der Waals surface area contributed by atoms with E-state index in [1.807, 2.05) is 0 Å². The van der Waals surface area contributed by atoms with Gasteiger partial charge in [-0.2, -0.15) is 0 Å². The summed E-state index contributed by atoms with van der Waals surface area (Å²) >= 11 is 0. The number of pyridine rings is 1. The van der Waals surface area contributed by atoms with Crippen LogP contribution in [0, 0.1) is 5.82 Å². The Morgan fingerprint density at radius 3 is 2.39 bits per heavy atom. The van der Waals surface area contributed by atoms with Crippen molar-refractivity contribution in [3.05, 3.63) is 77.9 Å². The van der Waals surface area contributed by atoms with Gasteiger partial charge in [-0.05, 0) is 48.5 Å². The summed E-state index contributed by atoms with van der Waals surface area (Å²) in [5.74, 6) is -1.98. The Kier molecular flexibility index (Phi) is 6.28. The lowest BCUT2D eigenvalue weighted by Crippen LogP contribution is -2.19. The second-order valence-electron chi connectivity index (χ2n) is 6.22. The number of aromatic nitrogens is 1. The number of halogens is 1. The van der Waals surface area contributed by atoms with Gasteiger partial charge in [0, 0.05) is 6.20 Å². The summed E-state index contributed by atoms with van der Waals surface area (Å²) < 4.78 is 42.2. The average Bonchev–Trinajstić information content (AvgIpc) is 2.75. The molecule has 1 aromatic heterocycles. The van der Waals surface area contributed by atoms with Crippen molar-refractivity contribution >= 4 is 33.2 Å². The monoisotopic (exact) mass is 444 g/mol. The fourth-order valence-corrected chi connectivity index (χ4v) is 3.18. The van der Waals surface area contributed by atoms with Crippen LogP contribution in [0.3, 0.4) is 0 Å². The van der Waals surface area contributed by atoms with Gasteiger partial charge in [0.1, 0.15) is 17.3 Å². The molecular formula is C20H17FN4O5S. The minimum atomic E-state index is -4.08. The van der Waals surface area contributed by atoms with E-state index in [0.29, 0.717) is 0 Å². The summed E-state index contributed by atoms with van der Waals surface area (Å²) in [5.41, 5.74) is 0.0104. The number of sulfonamides is 1. The van der Waals surface area contributed by atoms with Crippen LogP contribution < -0.4 is 20.5 Å². The smallest absolute Gasteiger partial charge is 0.274 e. The van der Waals surface area contributed by atoms with Crippen molar-refractivity contribution in [3.63, 3.8) is 0 Å². The van der Waals surface area contributed by atoms with E-state index in [1.54, 1.807) is 12.1 Å². The highest BCUT2D eigenvalue weighted by Gasteiger charge is 2.19. The number of primary sulfonamides is 1. The number of carbonyl (C=O) groups is 2. The molecule has 0 aliphatic rings. The van der Waals surface area contributed by atoms with Crippen LogP contribution in [0.15, 0.2) is 65.7 Å². The zero-order valence-corrected chi connectivity index (χ0v) is 16.9. The minimum Gasteiger partial charge on any atom is -0.496 e. The largest absolute Gasteiger partial charge is 0.496 e. The molecule has 0 aliphatic carbocycles. The van der Waals surface area contributed by atoms with Gasteiger partial charge in [-0.25, -0.2) is 17.9 Å². The van der Waals surface area contributed by atoms with Crippen molar-refractivity contribution in [2.45, 2.75) is 4.90 Å². The highest BCUT2D eigenvalue weighted by atomic mass is 32.2. The number of nitrogens with zero attached hydrogens (tertiary/aromatic N) is 1. The van der Waals surface area contributed by atoms with Crippen LogP contribution in [0.2, 0.25) is 0 Å². The number of carbonyl (C=O) groups excluding carboxylic acids is 2. The van der Waals surface area contributed by atoms with Gasteiger partial charge in [0.2, 0.25) is 10.0 Å². The molecule has 2 amide bonds. The zero-order valence-electron chi connectivity index (χ0n) is 16.1. The molecule has 0 saturated heterocycles. The molecule has 9 nitrogen and oxygen atoms in total. The zero-order chi connectivity index (χ0) is 22.6. The van der Waals surface area contributed by atoms with E-state index in [9.17, 15) is 22.4 Å². The SMILES string of the molecule is COc1ccc(S(N)(=O)=O)cc1C(=O)Nc1cc(F)ccc1NC(=O)c1ccccn1. The Morgan fingerprint density at radius 2 is 1.74 bits per heavy atom. The van der Waals surface area contributed by atoms with Crippen molar-refractivity contribution in [1.29, 1.82) is 0 Å². The average molecular weight is 444 g/mol. The van der Waals surface area contributed by atoms with Crippen LogP contribution in [-0.4, -0.2) is 32.3 Å². The number of hydrogen-bond donors (Lipinski definition) is 3. The normalized spacial score (nSPS) is 10.9. The van der Waals surface area contributed by atoms with Crippen molar-refractivity contribution < 1.29 is 27.1 Å². The number of ether oxygens (including phenoxy) is 1. The standard InChI is InChI=1S/C20H17FN4O5S/c1-30-18-8-6-13(31(22,28)29)11-14(18)19(26)25-17-10-12(21)5-7-15(17)24-20(27)16-4-2-3-9-23-16/h2-11H,1H3,(H,24,27)(H,25,26)(H2,22,28,29). The van der Waals surface area contributed by atoms with E-state index in [0.717, 1.165) is 18.2 Å². The molecule has 3 rings (SSSR count). The Labute approximate surface area is 177 Å². The molecule has 0 radical (unpaired) electrons. The lowest BCUT2D eigenvalue weighted by atomic mass is 10.1. The van der Waals surface area contributed by atoms with Gasteiger partial charge in [-0.3, -0.25) is 14.6 Å². The number of anilines is 2. The first-order valence-corrected chi connectivity index (χ1v) is 10.3. The Bertz CT molecular complexity index is 1250. The van der Waals surface area contributed by atoms with E-state index in [1.165, 1.54) is 37.6 Å². The summed E-state index contributed by atoms with van der Waals surface area (Å²) in [6.07, 6.45) is 1.44. The van der Waals surface area contributed by atoms with Gasteiger partial charge in [-0.15, -0.1) is 0 Å². The van der Waals surface area contributed by atoms with Crippen molar-refractivity contribution in [2.24, 2.45) is 5.14 Å². The van der Waals surface area contributed by atoms with Gasteiger partial charge >= 0.3 is 0 Å². The first-order chi connectivity index (χ1) is 14.7. The predicted octanol–water partition coefficient (Wildman–Crippen LogP) is 2.38. The molecule has 3 aromatic rings. The fourth-order valence-electron chi connectivity index (χ4n) is 2.64. The molecule has 0 fully saturated rings. The third-order valence-corrected chi connectivity index (χ3v) is 5.03. The maximum Gasteiger partial charge on any atom is 0.274 e. The molecule has 0 bridgehead atoms. The number of nitrogens with two attached hydrogens (primary N) is 1. The molecule has 0 aliphatic heterocycles. The molecule has 0 atom stereocenters. The first-order valence-electron chi connectivity index (χ1n) is 8.73. The lowest BCUT2D eigenvalue weighted by molar-refractivity contribution is 0.101. The van der Waals surface area contributed by atoms with E-state index in [2.05, 4.69) is 15.6 Å². The molecule has 0 saturated carbocycles. The summed E-state index contributed by atoms with van der Waals surface area (Å²) in [6.45, 7) is 0. The van der Waals surface area contributed by atoms with Crippen LogP contribution in [0.1, 0.15) is 20.8 Å². The molecule has 4 N–H and O–H groups in total.